The van der Waals surface area contributed by atoms with Crippen molar-refractivity contribution in [2.45, 2.75) is 26.7 Å². The van der Waals surface area contributed by atoms with Crippen molar-refractivity contribution in [2.24, 2.45) is 5.92 Å². The summed E-state index contributed by atoms with van der Waals surface area (Å²) in [6, 6.07) is 6.06. The van der Waals surface area contributed by atoms with Gasteiger partial charge in [0.05, 0.1) is 0 Å². The fourth-order valence-corrected chi connectivity index (χ4v) is 2.48. The maximum atomic E-state index is 5.90. The quantitative estimate of drug-likeness (QED) is 0.804. The van der Waals surface area contributed by atoms with Gasteiger partial charge in [0.25, 0.3) is 0 Å². The first-order chi connectivity index (χ1) is 8.66. The van der Waals surface area contributed by atoms with Crippen LogP contribution in [0.2, 0.25) is 0 Å². The Balaban J connectivity index is 1.77. The lowest BCUT2D eigenvalue weighted by atomic mass is 9.99. The van der Waals surface area contributed by atoms with Gasteiger partial charge in [-0.1, -0.05) is 13.0 Å². The second kappa shape index (κ2) is 6.10. The molecule has 3 heteroatoms. The van der Waals surface area contributed by atoms with Crippen LogP contribution in [-0.2, 0) is 0 Å². The lowest BCUT2D eigenvalue weighted by Gasteiger charge is -2.30. The molecule has 0 aromatic heterocycles. The summed E-state index contributed by atoms with van der Waals surface area (Å²) in [7, 11) is 0. The van der Waals surface area contributed by atoms with E-state index in [1.807, 2.05) is 12.1 Å². The SMILES string of the molecule is Cc1c(N)cccc1NCCN1CCC(C)CC1. The number of nitrogen functional groups attached to an aromatic ring is 1. The molecule has 0 spiro atoms. The van der Waals surface area contributed by atoms with Crippen molar-refractivity contribution < 1.29 is 0 Å². The van der Waals surface area contributed by atoms with Gasteiger partial charge in [-0.15, -0.1) is 0 Å². The Morgan fingerprint density at radius 2 is 2.06 bits per heavy atom. The van der Waals surface area contributed by atoms with Gasteiger partial charge < -0.3 is 16.0 Å². The maximum Gasteiger partial charge on any atom is 0.0391 e. The first-order valence-electron chi connectivity index (χ1n) is 6.98. The number of nitrogens with zero attached hydrogens (tertiary/aromatic N) is 1. The molecule has 0 unspecified atom stereocenters. The Bertz CT molecular complexity index is 381. The summed E-state index contributed by atoms with van der Waals surface area (Å²) in [4.78, 5) is 2.55. The van der Waals surface area contributed by atoms with Gasteiger partial charge in [0.2, 0.25) is 0 Å². The highest BCUT2D eigenvalue weighted by Crippen LogP contribution is 2.20. The van der Waals surface area contributed by atoms with E-state index in [2.05, 4.69) is 30.1 Å². The predicted octanol–water partition coefficient (Wildman–Crippen LogP) is 2.72. The van der Waals surface area contributed by atoms with E-state index in [-0.39, 0.29) is 0 Å². The molecule has 2 rings (SSSR count). The minimum atomic E-state index is 0.867. The van der Waals surface area contributed by atoms with Gasteiger partial charge in [-0.25, -0.2) is 0 Å². The van der Waals surface area contributed by atoms with Crippen molar-refractivity contribution in [1.82, 2.24) is 4.90 Å². The summed E-state index contributed by atoms with van der Waals surface area (Å²) in [5.74, 6) is 0.908. The summed E-state index contributed by atoms with van der Waals surface area (Å²) in [5.41, 5.74) is 9.09. The molecule has 3 N–H and O–H groups in total. The number of piperidine rings is 1. The van der Waals surface area contributed by atoms with Crippen LogP contribution in [0.3, 0.4) is 0 Å². The third-order valence-electron chi connectivity index (χ3n) is 4.00. The lowest BCUT2D eigenvalue weighted by Crippen LogP contribution is -2.36. The molecular weight excluding hydrogens is 222 g/mol. The Morgan fingerprint density at radius 3 is 2.78 bits per heavy atom. The Labute approximate surface area is 110 Å². The highest BCUT2D eigenvalue weighted by atomic mass is 15.1. The van der Waals surface area contributed by atoms with Gasteiger partial charge in [-0.05, 0) is 56.5 Å². The normalized spacial score (nSPS) is 17.9. The third kappa shape index (κ3) is 3.39. The van der Waals surface area contributed by atoms with Gasteiger partial charge in [0, 0.05) is 24.5 Å². The number of likely N-dealkylation sites (tertiary alicyclic amines) is 1. The number of hydrogen-bond acceptors (Lipinski definition) is 3. The van der Waals surface area contributed by atoms with Crippen molar-refractivity contribution in [2.75, 3.05) is 37.2 Å². The van der Waals surface area contributed by atoms with Crippen molar-refractivity contribution in [3.8, 4) is 0 Å². The van der Waals surface area contributed by atoms with Crippen LogP contribution in [-0.4, -0.2) is 31.1 Å². The average molecular weight is 247 g/mol. The lowest BCUT2D eigenvalue weighted by molar-refractivity contribution is 0.199. The highest BCUT2D eigenvalue weighted by molar-refractivity contribution is 5.62. The molecule has 1 aliphatic heterocycles. The Kier molecular flexibility index (Phi) is 4.48. The first kappa shape index (κ1) is 13.2. The molecule has 1 aromatic carbocycles. The largest absolute Gasteiger partial charge is 0.398 e. The summed E-state index contributed by atoms with van der Waals surface area (Å²) in [5, 5.41) is 3.49. The minimum Gasteiger partial charge on any atom is -0.398 e. The van der Waals surface area contributed by atoms with Crippen molar-refractivity contribution in [3.63, 3.8) is 0 Å². The second-order valence-electron chi connectivity index (χ2n) is 5.47. The molecule has 0 radical (unpaired) electrons. The number of nitrogens with one attached hydrogen (secondary N) is 1. The standard InChI is InChI=1S/C15H25N3/c1-12-6-9-18(10-7-12)11-8-17-15-5-3-4-14(16)13(15)2/h3-5,12,17H,6-11,16H2,1-2H3. The average Bonchev–Trinajstić information content (AvgIpc) is 2.37. The number of hydrogen-bond donors (Lipinski definition) is 2. The van der Waals surface area contributed by atoms with Gasteiger partial charge in [0.1, 0.15) is 0 Å². The second-order valence-corrected chi connectivity index (χ2v) is 5.47. The van der Waals surface area contributed by atoms with E-state index in [0.29, 0.717) is 0 Å². The topological polar surface area (TPSA) is 41.3 Å². The van der Waals surface area contributed by atoms with Gasteiger partial charge >= 0.3 is 0 Å². The fraction of sp³-hybridized carbons (Fsp3) is 0.600. The molecule has 0 amide bonds. The third-order valence-corrected chi connectivity index (χ3v) is 4.00. The van der Waals surface area contributed by atoms with E-state index >= 15 is 0 Å². The molecule has 1 saturated heterocycles. The number of benzene rings is 1. The molecule has 1 heterocycles. The van der Waals surface area contributed by atoms with Gasteiger partial charge in [-0.3, -0.25) is 0 Å². The molecular formula is C15H25N3. The molecule has 1 aromatic rings. The maximum absolute atomic E-state index is 5.90. The van der Waals surface area contributed by atoms with Crippen LogP contribution in [0.4, 0.5) is 11.4 Å². The predicted molar refractivity (Wildman–Crippen MR) is 78.9 cm³/mol. The zero-order valence-electron chi connectivity index (χ0n) is 11.6. The zero-order valence-corrected chi connectivity index (χ0v) is 11.6. The van der Waals surface area contributed by atoms with E-state index in [0.717, 1.165) is 30.3 Å². The fourth-order valence-electron chi connectivity index (χ4n) is 2.48. The molecule has 1 aliphatic rings. The van der Waals surface area contributed by atoms with E-state index < -0.39 is 0 Å². The summed E-state index contributed by atoms with van der Waals surface area (Å²) in [6.45, 7) is 9.04. The smallest absolute Gasteiger partial charge is 0.0391 e. The van der Waals surface area contributed by atoms with Crippen LogP contribution in [0.5, 0.6) is 0 Å². The molecule has 0 bridgehead atoms. The number of nitrogens with two attached hydrogens (primary N) is 1. The Hall–Kier alpha value is -1.22. The van der Waals surface area contributed by atoms with Crippen molar-refractivity contribution in [1.29, 1.82) is 0 Å². The minimum absolute atomic E-state index is 0.867. The first-order valence-corrected chi connectivity index (χ1v) is 6.98. The van der Waals surface area contributed by atoms with Crippen molar-refractivity contribution >= 4 is 11.4 Å². The van der Waals surface area contributed by atoms with E-state index in [1.165, 1.54) is 31.6 Å². The molecule has 0 saturated carbocycles. The molecule has 0 atom stereocenters. The number of rotatable bonds is 4. The van der Waals surface area contributed by atoms with Crippen LogP contribution < -0.4 is 11.1 Å². The highest BCUT2D eigenvalue weighted by Gasteiger charge is 2.14. The molecule has 18 heavy (non-hydrogen) atoms. The molecule has 1 fully saturated rings. The van der Waals surface area contributed by atoms with E-state index in [9.17, 15) is 0 Å². The van der Waals surface area contributed by atoms with Crippen LogP contribution in [0, 0.1) is 12.8 Å². The van der Waals surface area contributed by atoms with E-state index in [4.69, 9.17) is 5.73 Å². The summed E-state index contributed by atoms with van der Waals surface area (Å²) in [6.07, 6.45) is 2.69. The summed E-state index contributed by atoms with van der Waals surface area (Å²) < 4.78 is 0. The van der Waals surface area contributed by atoms with Crippen LogP contribution in [0.15, 0.2) is 18.2 Å². The van der Waals surface area contributed by atoms with Crippen LogP contribution in [0.1, 0.15) is 25.3 Å². The van der Waals surface area contributed by atoms with Gasteiger partial charge in [0.15, 0.2) is 0 Å². The monoisotopic (exact) mass is 247 g/mol. The van der Waals surface area contributed by atoms with Crippen LogP contribution >= 0.6 is 0 Å². The zero-order chi connectivity index (χ0) is 13.0. The van der Waals surface area contributed by atoms with Gasteiger partial charge in [-0.2, -0.15) is 0 Å². The summed E-state index contributed by atoms with van der Waals surface area (Å²) >= 11 is 0. The van der Waals surface area contributed by atoms with E-state index in [1.54, 1.807) is 0 Å². The van der Waals surface area contributed by atoms with Crippen LogP contribution in [0.25, 0.3) is 0 Å². The number of anilines is 2. The van der Waals surface area contributed by atoms with Crippen molar-refractivity contribution in [3.05, 3.63) is 23.8 Å². The Morgan fingerprint density at radius 1 is 1.33 bits per heavy atom. The molecule has 0 aliphatic carbocycles. The molecule has 100 valence electrons. The molecule has 3 nitrogen and oxygen atoms in total.